The highest BCUT2D eigenvalue weighted by molar-refractivity contribution is 5.13. The minimum atomic E-state index is -0.948. The smallest absolute Gasteiger partial charge is 0.282 e. The van der Waals surface area contributed by atoms with Crippen molar-refractivity contribution in [2.75, 3.05) is 27.9 Å². The highest BCUT2D eigenvalue weighted by Crippen LogP contribution is 2.19. The minimum absolute atomic E-state index is 0.626. The molecule has 1 aromatic carbocycles. The first-order valence-corrected chi connectivity index (χ1v) is 6.03. The molecule has 1 rings (SSSR count). The largest absolute Gasteiger partial charge is 0.377 e. The lowest BCUT2D eigenvalue weighted by atomic mass is 10.2. The fourth-order valence-corrected chi connectivity index (χ4v) is 1.71. The summed E-state index contributed by atoms with van der Waals surface area (Å²) in [6.07, 6.45) is 1.44. The first-order valence-electron chi connectivity index (χ1n) is 6.03. The maximum atomic E-state index is 5.58. The maximum absolute atomic E-state index is 5.58. The summed E-state index contributed by atoms with van der Waals surface area (Å²) in [5.74, 6) is -0.948. The summed E-state index contributed by atoms with van der Waals surface area (Å²) in [5, 5.41) is 0. The Balaban J connectivity index is 2.18. The van der Waals surface area contributed by atoms with Gasteiger partial charge in [-0.3, -0.25) is 0 Å². The van der Waals surface area contributed by atoms with Gasteiger partial charge in [-0.1, -0.05) is 30.3 Å². The van der Waals surface area contributed by atoms with Gasteiger partial charge < -0.3 is 18.9 Å². The predicted octanol–water partition coefficient (Wildman–Crippen LogP) is 2.58. The van der Waals surface area contributed by atoms with E-state index >= 15 is 0 Å². The Labute approximate surface area is 109 Å². The van der Waals surface area contributed by atoms with E-state index in [9.17, 15) is 0 Å². The van der Waals surface area contributed by atoms with E-state index in [1.807, 2.05) is 30.3 Å². The van der Waals surface area contributed by atoms with E-state index in [0.29, 0.717) is 19.6 Å². The second-order valence-electron chi connectivity index (χ2n) is 3.94. The molecule has 0 aliphatic carbocycles. The van der Waals surface area contributed by atoms with Crippen LogP contribution in [0.15, 0.2) is 30.3 Å². The molecule has 4 heteroatoms. The highest BCUT2D eigenvalue weighted by Gasteiger charge is 2.28. The molecule has 0 unspecified atom stereocenters. The molecule has 18 heavy (non-hydrogen) atoms. The van der Waals surface area contributed by atoms with Gasteiger partial charge in [-0.25, -0.2) is 0 Å². The molecule has 0 amide bonds. The van der Waals surface area contributed by atoms with Crippen LogP contribution in [-0.4, -0.2) is 33.9 Å². The molecule has 0 aliphatic rings. The van der Waals surface area contributed by atoms with Crippen molar-refractivity contribution >= 4 is 0 Å². The van der Waals surface area contributed by atoms with Crippen LogP contribution in [0.1, 0.15) is 18.4 Å². The topological polar surface area (TPSA) is 36.9 Å². The van der Waals surface area contributed by atoms with Gasteiger partial charge in [0.2, 0.25) is 0 Å². The Kier molecular flexibility index (Phi) is 6.90. The second-order valence-corrected chi connectivity index (χ2v) is 3.94. The lowest BCUT2D eigenvalue weighted by Gasteiger charge is -2.28. The van der Waals surface area contributed by atoms with Crippen LogP contribution in [0.3, 0.4) is 0 Å². The monoisotopic (exact) mass is 254 g/mol. The van der Waals surface area contributed by atoms with Gasteiger partial charge in [0.1, 0.15) is 0 Å². The number of rotatable bonds is 9. The van der Waals surface area contributed by atoms with E-state index in [1.54, 1.807) is 21.3 Å². The summed E-state index contributed by atoms with van der Waals surface area (Å²) >= 11 is 0. The first-order chi connectivity index (χ1) is 8.76. The van der Waals surface area contributed by atoms with E-state index < -0.39 is 5.97 Å². The van der Waals surface area contributed by atoms with Crippen LogP contribution in [-0.2, 0) is 25.6 Å². The quantitative estimate of drug-likeness (QED) is 0.501. The van der Waals surface area contributed by atoms with Gasteiger partial charge in [-0.2, -0.15) is 0 Å². The maximum Gasteiger partial charge on any atom is 0.282 e. The Hall–Kier alpha value is -0.940. The van der Waals surface area contributed by atoms with Crippen molar-refractivity contribution in [1.82, 2.24) is 0 Å². The molecule has 0 heterocycles. The van der Waals surface area contributed by atoms with E-state index in [0.717, 1.165) is 6.42 Å². The van der Waals surface area contributed by atoms with Crippen molar-refractivity contribution in [3.05, 3.63) is 35.9 Å². The molecular weight excluding hydrogens is 232 g/mol. The molecular formula is C14H22O4. The SMILES string of the molecule is COC(CCCOCc1ccccc1)(OC)OC. The zero-order chi connectivity index (χ0) is 13.3. The van der Waals surface area contributed by atoms with Crippen molar-refractivity contribution in [3.63, 3.8) is 0 Å². The van der Waals surface area contributed by atoms with Gasteiger partial charge >= 0.3 is 0 Å². The molecule has 0 bridgehead atoms. The number of hydrogen-bond donors (Lipinski definition) is 0. The molecule has 102 valence electrons. The predicted molar refractivity (Wildman–Crippen MR) is 69.1 cm³/mol. The lowest BCUT2D eigenvalue weighted by molar-refractivity contribution is -0.355. The number of hydrogen-bond acceptors (Lipinski definition) is 4. The van der Waals surface area contributed by atoms with Crippen molar-refractivity contribution in [2.24, 2.45) is 0 Å². The van der Waals surface area contributed by atoms with Crippen LogP contribution in [0.25, 0.3) is 0 Å². The third-order valence-electron chi connectivity index (χ3n) is 2.82. The molecule has 0 radical (unpaired) electrons. The van der Waals surface area contributed by atoms with Crippen molar-refractivity contribution in [3.8, 4) is 0 Å². The Morgan fingerprint density at radius 1 is 0.944 bits per heavy atom. The molecule has 0 aliphatic heterocycles. The average Bonchev–Trinajstić information content (AvgIpc) is 2.45. The van der Waals surface area contributed by atoms with Crippen LogP contribution >= 0.6 is 0 Å². The fourth-order valence-electron chi connectivity index (χ4n) is 1.71. The van der Waals surface area contributed by atoms with E-state index in [-0.39, 0.29) is 0 Å². The van der Waals surface area contributed by atoms with Crippen LogP contribution in [0.4, 0.5) is 0 Å². The summed E-state index contributed by atoms with van der Waals surface area (Å²) in [6, 6.07) is 10.1. The van der Waals surface area contributed by atoms with Crippen LogP contribution in [0.2, 0.25) is 0 Å². The Morgan fingerprint density at radius 3 is 2.11 bits per heavy atom. The summed E-state index contributed by atoms with van der Waals surface area (Å²) in [5.41, 5.74) is 1.17. The van der Waals surface area contributed by atoms with E-state index in [2.05, 4.69) is 0 Å². The van der Waals surface area contributed by atoms with Gasteiger partial charge in [-0.05, 0) is 12.0 Å². The van der Waals surface area contributed by atoms with Crippen LogP contribution in [0, 0.1) is 0 Å². The standard InChI is InChI=1S/C14H22O4/c1-15-14(16-2,17-3)10-7-11-18-12-13-8-5-4-6-9-13/h4-6,8-9H,7,10-12H2,1-3H3. The fraction of sp³-hybridized carbons (Fsp3) is 0.571. The molecule has 0 saturated carbocycles. The zero-order valence-electron chi connectivity index (χ0n) is 11.3. The third-order valence-corrected chi connectivity index (χ3v) is 2.82. The Bertz CT molecular complexity index is 301. The zero-order valence-corrected chi connectivity index (χ0v) is 11.3. The first kappa shape index (κ1) is 15.1. The molecule has 0 atom stereocenters. The van der Waals surface area contributed by atoms with E-state index in [1.165, 1.54) is 5.56 Å². The average molecular weight is 254 g/mol. The van der Waals surface area contributed by atoms with Crippen LogP contribution in [0.5, 0.6) is 0 Å². The van der Waals surface area contributed by atoms with Crippen molar-refractivity contribution in [1.29, 1.82) is 0 Å². The van der Waals surface area contributed by atoms with Crippen molar-refractivity contribution in [2.45, 2.75) is 25.4 Å². The van der Waals surface area contributed by atoms with E-state index in [4.69, 9.17) is 18.9 Å². The second kappa shape index (κ2) is 8.21. The lowest BCUT2D eigenvalue weighted by Crippen LogP contribution is -2.36. The van der Waals surface area contributed by atoms with Gasteiger partial charge in [0.25, 0.3) is 5.97 Å². The van der Waals surface area contributed by atoms with Crippen LogP contribution < -0.4 is 0 Å². The summed E-state index contributed by atoms with van der Waals surface area (Å²) < 4.78 is 21.2. The third kappa shape index (κ3) is 4.74. The van der Waals surface area contributed by atoms with Gasteiger partial charge in [0.15, 0.2) is 0 Å². The summed E-state index contributed by atoms with van der Waals surface area (Å²) in [7, 11) is 4.70. The number of ether oxygens (including phenoxy) is 4. The normalized spacial score (nSPS) is 11.7. The molecule has 0 N–H and O–H groups in total. The molecule has 4 nitrogen and oxygen atoms in total. The van der Waals surface area contributed by atoms with Gasteiger partial charge in [0, 0.05) is 34.4 Å². The number of benzene rings is 1. The van der Waals surface area contributed by atoms with Gasteiger partial charge in [-0.15, -0.1) is 0 Å². The molecule has 0 aromatic heterocycles. The van der Waals surface area contributed by atoms with Gasteiger partial charge in [0.05, 0.1) is 6.61 Å². The highest BCUT2D eigenvalue weighted by atomic mass is 16.9. The summed E-state index contributed by atoms with van der Waals surface area (Å²) in [4.78, 5) is 0. The summed E-state index contributed by atoms with van der Waals surface area (Å²) in [6.45, 7) is 1.27. The molecule has 0 spiro atoms. The molecule has 0 saturated heterocycles. The Morgan fingerprint density at radius 2 is 1.56 bits per heavy atom. The minimum Gasteiger partial charge on any atom is -0.377 e. The van der Waals surface area contributed by atoms with Crippen molar-refractivity contribution < 1.29 is 18.9 Å². The molecule has 1 aromatic rings. The molecule has 0 fully saturated rings. The number of methoxy groups -OCH3 is 3.